The molecule has 2 heterocycles. The number of hydrogen-bond donors (Lipinski definition) is 1. The van der Waals surface area contributed by atoms with Crippen molar-refractivity contribution in [2.45, 2.75) is 13.1 Å². The minimum atomic E-state index is -4.98. The van der Waals surface area contributed by atoms with E-state index in [0.29, 0.717) is 0 Å². The number of nitrogens with one attached hydrogen (secondary N) is 1. The molecule has 0 radical (unpaired) electrons. The number of urea groups is 1. The largest absolute Gasteiger partial charge is 0.450 e. The van der Waals surface area contributed by atoms with Gasteiger partial charge in [0.1, 0.15) is 11.5 Å². The van der Waals surface area contributed by atoms with E-state index in [-0.39, 0.29) is 58.7 Å². The van der Waals surface area contributed by atoms with Crippen molar-refractivity contribution in [1.82, 2.24) is 18.9 Å². The van der Waals surface area contributed by atoms with Crippen molar-refractivity contribution in [2.24, 2.45) is 7.05 Å². The molecule has 1 aromatic carbocycles. The molecular weight excluding hydrogens is 502 g/mol. The van der Waals surface area contributed by atoms with Gasteiger partial charge in [0.25, 0.3) is 5.56 Å². The molecule has 1 fully saturated rings. The molecule has 2 aromatic rings. The Hall–Kier alpha value is -3.55. The minimum Gasteiger partial charge on any atom is -0.450 e. The number of carbonyl (C=O) groups excluding carboxylic acids is 2. The third-order valence-electron chi connectivity index (χ3n) is 5.22. The summed E-state index contributed by atoms with van der Waals surface area (Å²) >= 11 is 6.01. The first-order valence-electron chi connectivity index (χ1n) is 10.2. The second kappa shape index (κ2) is 9.98. The monoisotopic (exact) mass is 521 g/mol. The molecule has 1 aliphatic heterocycles. The second-order valence-corrected chi connectivity index (χ2v) is 7.84. The first kappa shape index (κ1) is 26.1. The molecule has 35 heavy (non-hydrogen) atoms. The van der Waals surface area contributed by atoms with Gasteiger partial charge in [0, 0.05) is 39.3 Å². The molecule has 1 saturated heterocycles. The van der Waals surface area contributed by atoms with Gasteiger partial charge >= 0.3 is 24.0 Å². The molecule has 0 spiro atoms. The van der Waals surface area contributed by atoms with Gasteiger partial charge in [-0.2, -0.15) is 13.2 Å². The van der Waals surface area contributed by atoms with Crippen LogP contribution in [0.3, 0.4) is 0 Å². The van der Waals surface area contributed by atoms with Gasteiger partial charge in [0.05, 0.1) is 23.0 Å². The first-order valence-corrected chi connectivity index (χ1v) is 10.6. The number of benzene rings is 1. The minimum absolute atomic E-state index is 0.148. The Morgan fingerprint density at radius 2 is 1.69 bits per heavy atom. The fourth-order valence-electron chi connectivity index (χ4n) is 3.43. The first-order chi connectivity index (χ1) is 16.3. The summed E-state index contributed by atoms with van der Waals surface area (Å²) in [5.41, 5.74) is -5.26. The standard InChI is InChI=1S/C20H20ClF4N5O5/c1-3-35-19(34)29-6-4-28(5-7-29)17(32)26-13-9-14(12(22)8-11(13)21)30-16(31)10-15(20(23,24)25)27(2)18(30)33/h8-10H,3-7H2,1-2H3,(H,26,32). The fraction of sp³-hybridized carbons (Fsp3) is 0.400. The zero-order valence-corrected chi connectivity index (χ0v) is 19.2. The normalized spacial score (nSPS) is 14.1. The Labute approximate surface area is 200 Å². The highest BCUT2D eigenvalue weighted by Crippen LogP contribution is 2.29. The number of ether oxygens (including phenoxy) is 1. The van der Waals surface area contributed by atoms with Crippen LogP contribution in [0.25, 0.3) is 5.69 Å². The smallest absolute Gasteiger partial charge is 0.431 e. The summed E-state index contributed by atoms with van der Waals surface area (Å²) in [4.78, 5) is 52.0. The maximum absolute atomic E-state index is 14.6. The van der Waals surface area contributed by atoms with Crippen LogP contribution in [-0.4, -0.2) is 63.8 Å². The molecule has 10 nitrogen and oxygen atoms in total. The molecule has 190 valence electrons. The van der Waals surface area contributed by atoms with Gasteiger partial charge in [0.2, 0.25) is 0 Å². The summed E-state index contributed by atoms with van der Waals surface area (Å²) < 4.78 is 59.2. The summed E-state index contributed by atoms with van der Waals surface area (Å²) in [6.45, 7) is 2.56. The van der Waals surface area contributed by atoms with E-state index in [4.69, 9.17) is 16.3 Å². The molecule has 3 amide bonds. The zero-order valence-electron chi connectivity index (χ0n) is 18.5. The number of piperazine rings is 1. The lowest BCUT2D eigenvalue weighted by atomic mass is 10.2. The maximum Gasteiger partial charge on any atom is 0.431 e. The molecule has 3 rings (SSSR count). The van der Waals surface area contributed by atoms with Crippen LogP contribution in [-0.2, 0) is 18.0 Å². The average molecular weight is 522 g/mol. The van der Waals surface area contributed by atoms with Crippen LogP contribution in [0, 0.1) is 5.82 Å². The summed E-state index contributed by atoms with van der Waals surface area (Å²) in [5.74, 6) is -1.17. The van der Waals surface area contributed by atoms with Gasteiger partial charge < -0.3 is 19.9 Å². The fourth-order valence-corrected chi connectivity index (χ4v) is 3.62. The molecule has 0 atom stereocenters. The molecule has 0 saturated carbocycles. The van der Waals surface area contributed by atoms with Gasteiger partial charge in [-0.3, -0.25) is 9.36 Å². The van der Waals surface area contributed by atoms with Crippen LogP contribution < -0.4 is 16.6 Å². The predicted octanol–water partition coefficient (Wildman–Crippen LogP) is 2.65. The molecule has 0 aliphatic carbocycles. The number of alkyl halides is 3. The number of carbonyl (C=O) groups is 2. The number of anilines is 1. The van der Waals surface area contributed by atoms with E-state index in [1.807, 2.05) is 0 Å². The highest BCUT2D eigenvalue weighted by molar-refractivity contribution is 6.33. The van der Waals surface area contributed by atoms with Crippen molar-refractivity contribution < 1.29 is 31.9 Å². The van der Waals surface area contributed by atoms with E-state index in [0.717, 1.165) is 19.2 Å². The zero-order chi connectivity index (χ0) is 26.1. The van der Waals surface area contributed by atoms with Crippen molar-refractivity contribution in [3.05, 3.63) is 55.6 Å². The summed E-state index contributed by atoms with van der Waals surface area (Å²) in [7, 11) is 0.785. The second-order valence-electron chi connectivity index (χ2n) is 7.43. The summed E-state index contributed by atoms with van der Waals surface area (Å²) in [6, 6.07) is 1.09. The van der Waals surface area contributed by atoms with E-state index in [1.54, 1.807) is 6.92 Å². The number of rotatable bonds is 3. The molecule has 1 N–H and O–H groups in total. The van der Waals surface area contributed by atoms with Crippen LogP contribution in [0.1, 0.15) is 12.6 Å². The number of nitrogens with zero attached hydrogens (tertiary/aromatic N) is 4. The topological polar surface area (TPSA) is 106 Å². The van der Waals surface area contributed by atoms with Gasteiger partial charge in [-0.15, -0.1) is 0 Å². The molecule has 1 aliphatic rings. The number of aromatic nitrogens is 2. The Morgan fingerprint density at radius 3 is 2.26 bits per heavy atom. The lowest BCUT2D eigenvalue weighted by Crippen LogP contribution is -2.51. The number of halogens is 5. The van der Waals surface area contributed by atoms with E-state index < -0.39 is 46.7 Å². The Morgan fingerprint density at radius 1 is 1.09 bits per heavy atom. The summed E-state index contributed by atoms with van der Waals surface area (Å²) in [5, 5.41) is 2.15. The van der Waals surface area contributed by atoms with E-state index in [9.17, 15) is 36.7 Å². The lowest BCUT2D eigenvalue weighted by molar-refractivity contribution is -0.144. The SMILES string of the molecule is CCOC(=O)N1CCN(C(=O)Nc2cc(-n3c(=O)cc(C(F)(F)F)n(C)c3=O)c(F)cc2Cl)CC1. The van der Waals surface area contributed by atoms with Crippen molar-refractivity contribution in [1.29, 1.82) is 0 Å². The van der Waals surface area contributed by atoms with Crippen molar-refractivity contribution >= 4 is 29.4 Å². The number of amides is 3. The summed E-state index contributed by atoms with van der Waals surface area (Å²) in [6.07, 6.45) is -5.50. The third-order valence-corrected chi connectivity index (χ3v) is 5.54. The number of hydrogen-bond acceptors (Lipinski definition) is 5. The van der Waals surface area contributed by atoms with Gasteiger partial charge in [-0.1, -0.05) is 11.6 Å². The van der Waals surface area contributed by atoms with Crippen molar-refractivity contribution in [2.75, 3.05) is 38.1 Å². The van der Waals surface area contributed by atoms with Crippen molar-refractivity contribution in [3.63, 3.8) is 0 Å². The van der Waals surface area contributed by atoms with Crippen LogP contribution >= 0.6 is 11.6 Å². The Balaban J connectivity index is 1.88. The molecular formula is C20H20ClF4N5O5. The lowest BCUT2D eigenvalue weighted by Gasteiger charge is -2.34. The van der Waals surface area contributed by atoms with E-state index >= 15 is 0 Å². The highest BCUT2D eigenvalue weighted by atomic mass is 35.5. The Kier molecular flexibility index (Phi) is 7.43. The van der Waals surface area contributed by atoms with Crippen LogP contribution in [0.5, 0.6) is 0 Å². The maximum atomic E-state index is 14.6. The predicted molar refractivity (Wildman–Crippen MR) is 116 cm³/mol. The highest BCUT2D eigenvalue weighted by Gasteiger charge is 2.35. The average Bonchev–Trinajstić information content (AvgIpc) is 2.78. The van der Waals surface area contributed by atoms with E-state index in [1.165, 1.54) is 9.80 Å². The van der Waals surface area contributed by atoms with Crippen LogP contribution in [0.2, 0.25) is 5.02 Å². The third kappa shape index (κ3) is 5.42. The molecule has 1 aromatic heterocycles. The van der Waals surface area contributed by atoms with Crippen LogP contribution in [0.4, 0.5) is 32.8 Å². The quantitative estimate of drug-likeness (QED) is 0.625. The van der Waals surface area contributed by atoms with E-state index in [2.05, 4.69) is 5.32 Å². The molecule has 0 bridgehead atoms. The van der Waals surface area contributed by atoms with Gasteiger partial charge in [0.15, 0.2) is 0 Å². The Bertz CT molecular complexity index is 1270. The van der Waals surface area contributed by atoms with Crippen LogP contribution in [0.15, 0.2) is 27.8 Å². The molecule has 15 heteroatoms. The van der Waals surface area contributed by atoms with Gasteiger partial charge in [-0.25, -0.2) is 23.3 Å². The van der Waals surface area contributed by atoms with Crippen molar-refractivity contribution in [3.8, 4) is 5.69 Å². The molecule has 0 unspecified atom stereocenters. The van der Waals surface area contributed by atoms with Gasteiger partial charge in [-0.05, 0) is 19.1 Å².